The third kappa shape index (κ3) is 6.41. The number of ether oxygens (including phenoxy) is 2. The minimum atomic E-state index is -4.85. The van der Waals surface area contributed by atoms with Crippen LogP contribution in [0.4, 0.5) is 23.7 Å². The summed E-state index contributed by atoms with van der Waals surface area (Å²) in [6.07, 6.45) is -4.25. The standard InChI is InChI=1S/C22H22F3N3O4S/c1-4-19-20(15-7-10-17(18(11-15)31-3)32-22(23,24)25)27-28(21(30)33-19)12-14-5-8-16(9-6-14)26-13(2)29/h5-11,19H,4,12H2,1-3H3,(H,26,29). The number of nitrogens with zero attached hydrogens (tertiary/aromatic N) is 2. The van der Waals surface area contributed by atoms with E-state index in [1.165, 1.54) is 37.2 Å². The van der Waals surface area contributed by atoms with Gasteiger partial charge in [0.15, 0.2) is 11.5 Å². The number of anilines is 1. The second-order valence-corrected chi connectivity index (χ2v) is 8.27. The largest absolute Gasteiger partial charge is 0.573 e. The van der Waals surface area contributed by atoms with Gasteiger partial charge in [-0.2, -0.15) is 5.10 Å². The predicted octanol–water partition coefficient (Wildman–Crippen LogP) is 5.40. The smallest absolute Gasteiger partial charge is 0.493 e. The molecule has 2 aromatic rings. The van der Waals surface area contributed by atoms with Crippen molar-refractivity contribution in [1.29, 1.82) is 0 Å². The average Bonchev–Trinajstić information content (AvgIpc) is 2.75. The second kappa shape index (κ2) is 10.2. The highest BCUT2D eigenvalue weighted by Crippen LogP contribution is 2.36. The molecular weight excluding hydrogens is 459 g/mol. The van der Waals surface area contributed by atoms with Gasteiger partial charge in [-0.3, -0.25) is 9.59 Å². The lowest BCUT2D eigenvalue weighted by molar-refractivity contribution is -0.275. The lowest BCUT2D eigenvalue weighted by Crippen LogP contribution is -2.34. The van der Waals surface area contributed by atoms with Gasteiger partial charge in [0.1, 0.15) is 0 Å². The highest BCUT2D eigenvalue weighted by Gasteiger charge is 2.34. The van der Waals surface area contributed by atoms with Crippen LogP contribution >= 0.6 is 11.8 Å². The summed E-state index contributed by atoms with van der Waals surface area (Å²) in [5.74, 6) is -0.741. The summed E-state index contributed by atoms with van der Waals surface area (Å²) < 4.78 is 47.0. The maximum absolute atomic E-state index is 12.6. The third-order valence-electron chi connectivity index (χ3n) is 4.65. The van der Waals surface area contributed by atoms with Crippen LogP contribution in [0.1, 0.15) is 31.4 Å². The molecule has 1 heterocycles. The molecule has 0 fully saturated rings. The van der Waals surface area contributed by atoms with Crippen LogP contribution in [0.5, 0.6) is 11.5 Å². The average molecular weight is 481 g/mol. The number of methoxy groups -OCH3 is 1. The topological polar surface area (TPSA) is 80.2 Å². The monoisotopic (exact) mass is 481 g/mol. The van der Waals surface area contributed by atoms with E-state index in [9.17, 15) is 22.8 Å². The highest BCUT2D eigenvalue weighted by atomic mass is 32.2. The Hall–Kier alpha value is -3.21. The van der Waals surface area contributed by atoms with Gasteiger partial charge >= 0.3 is 11.6 Å². The number of thioether (sulfide) groups is 1. The van der Waals surface area contributed by atoms with Gasteiger partial charge in [0.2, 0.25) is 5.91 Å². The fraction of sp³-hybridized carbons (Fsp3) is 0.318. The zero-order valence-corrected chi connectivity index (χ0v) is 18.9. The quantitative estimate of drug-likeness (QED) is 0.573. The molecule has 2 aromatic carbocycles. The number of carbonyl (C=O) groups excluding carboxylic acids is 2. The predicted molar refractivity (Wildman–Crippen MR) is 120 cm³/mol. The van der Waals surface area contributed by atoms with E-state index < -0.39 is 12.1 Å². The summed E-state index contributed by atoms with van der Waals surface area (Å²) in [6.45, 7) is 3.50. The number of hydrogen-bond acceptors (Lipinski definition) is 6. The van der Waals surface area contributed by atoms with Crippen molar-refractivity contribution in [2.24, 2.45) is 5.10 Å². The molecule has 33 heavy (non-hydrogen) atoms. The lowest BCUT2D eigenvalue weighted by Gasteiger charge is -2.28. The molecule has 1 aliphatic heterocycles. The first kappa shape index (κ1) is 24.4. The van der Waals surface area contributed by atoms with E-state index in [4.69, 9.17) is 4.74 Å². The van der Waals surface area contributed by atoms with Gasteiger partial charge in [-0.15, -0.1) is 13.2 Å². The molecule has 0 spiro atoms. The summed E-state index contributed by atoms with van der Waals surface area (Å²) in [4.78, 5) is 23.8. The van der Waals surface area contributed by atoms with E-state index >= 15 is 0 Å². The van der Waals surface area contributed by atoms with Gasteiger partial charge < -0.3 is 14.8 Å². The van der Waals surface area contributed by atoms with Crippen molar-refractivity contribution in [2.45, 2.75) is 38.4 Å². The maximum Gasteiger partial charge on any atom is 0.573 e. The van der Waals surface area contributed by atoms with E-state index in [0.29, 0.717) is 23.4 Å². The Morgan fingerprint density at radius 3 is 2.45 bits per heavy atom. The summed E-state index contributed by atoms with van der Waals surface area (Å²) in [5.41, 5.74) is 2.50. The molecule has 1 N–H and O–H groups in total. The molecule has 3 rings (SSSR count). The fourth-order valence-corrected chi connectivity index (χ4v) is 4.13. The summed E-state index contributed by atoms with van der Waals surface area (Å²) in [6, 6.07) is 11.0. The summed E-state index contributed by atoms with van der Waals surface area (Å²) >= 11 is 1.10. The van der Waals surface area contributed by atoms with E-state index in [-0.39, 0.29) is 28.7 Å². The first-order valence-corrected chi connectivity index (χ1v) is 10.8. The van der Waals surface area contributed by atoms with Crippen molar-refractivity contribution in [3.05, 3.63) is 53.6 Å². The van der Waals surface area contributed by atoms with Gasteiger partial charge in [-0.25, -0.2) is 5.01 Å². The van der Waals surface area contributed by atoms with E-state index in [0.717, 1.165) is 17.3 Å². The van der Waals surface area contributed by atoms with Crippen molar-refractivity contribution in [2.75, 3.05) is 12.4 Å². The Labute approximate surface area is 192 Å². The Bertz CT molecular complexity index is 1060. The number of amides is 2. The molecule has 7 nitrogen and oxygen atoms in total. The Kier molecular flexibility index (Phi) is 7.52. The van der Waals surface area contributed by atoms with Crippen molar-refractivity contribution in [1.82, 2.24) is 5.01 Å². The molecule has 1 atom stereocenters. The van der Waals surface area contributed by atoms with Crippen molar-refractivity contribution >= 4 is 34.3 Å². The maximum atomic E-state index is 12.6. The molecule has 0 aromatic heterocycles. The van der Waals surface area contributed by atoms with Gasteiger partial charge in [0.25, 0.3) is 0 Å². The first-order valence-electron chi connectivity index (χ1n) is 9.97. The molecule has 0 saturated carbocycles. The minimum Gasteiger partial charge on any atom is -0.493 e. The fourth-order valence-electron chi connectivity index (χ4n) is 3.20. The van der Waals surface area contributed by atoms with E-state index in [2.05, 4.69) is 15.2 Å². The van der Waals surface area contributed by atoms with Crippen LogP contribution in [0.15, 0.2) is 47.6 Å². The molecule has 1 aliphatic rings. The van der Waals surface area contributed by atoms with Crippen LogP contribution in [0.2, 0.25) is 0 Å². The number of carbonyl (C=O) groups is 2. The van der Waals surface area contributed by atoms with Gasteiger partial charge in [-0.1, -0.05) is 30.8 Å². The van der Waals surface area contributed by atoms with Gasteiger partial charge in [-0.05, 0) is 42.3 Å². The third-order valence-corrected chi connectivity index (χ3v) is 5.90. The zero-order valence-electron chi connectivity index (χ0n) is 18.1. The lowest BCUT2D eigenvalue weighted by atomic mass is 10.0. The van der Waals surface area contributed by atoms with Crippen molar-refractivity contribution in [3.63, 3.8) is 0 Å². The molecule has 1 unspecified atom stereocenters. The molecule has 0 bridgehead atoms. The normalized spacial score (nSPS) is 16.3. The molecule has 176 valence electrons. The van der Waals surface area contributed by atoms with E-state index in [1.807, 2.05) is 6.92 Å². The summed E-state index contributed by atoms with van der Waals surface area (Å²) in [7, 11) is 1.25. The van der Waals surface area contributed by atoms with Crippen molar-refractivity contribution < 1.29 is 32.2 Å². The SMILES string of the molecule is CCC1SC(=O)N(Cc2ccc(NC(C)=O)cc2)N=C1c1ccc(OC(F)(F)F)c(OC)c1. The zero-order chi connectivity index (χ0) is 24.2. The highest BCUT2D eigenvalue weighted by molar-refractivity contribution is 8.14. The Morgan fingerprint density at radius 2 is 1.88 bits per heavy atom. The molecule has 0 aliphatic carbocycles. The molecule has 0 radical (unpaired) electrons. The molecule has 0 saturated heterocycles. The molecule has 11 heteroatoms. The van der Waals surface area contributed by atoms with Crippen LogP contribution in [0.3, 0.4) is 0 Å². The number of rotatable bonds is 7. The second-order valence-electron chi connectivity index (χ2n) is 7.12. The number of halogens is 3. The molecular formula is C22H22F3N3O4S. The Morgan fingerprint density at radius 1 is 1.18 bits per heavy atom. The number of nitrogens with one attached hydrogen (secondary N) is 1. The van der Waals surface area contributed by atoms with Gasteiger partial charge in [0, 0.05) is 18.2 Å². The van der Waals surface area contributed by atoms with E-state index in [1.54, 1.807) is 24.3 Å². The van der Waals surface area contributed by atoms with Crippen LogP contribution in [-0.2, 0) is 11.3 Å². The van der Waals surface area contributed by atoms with Crippen molar-refractivity contribution in [3.8, 4) is 11.5 Å². The Balaban J connectivity index is 1.89. The minimum absolute atomic E-state index is 0.0932. The number of benzene rings is 2. The van der Waals surface area contributed by atoms with Crippen LogP contribution < -0.4 is 14.8 Å². The summed E-state index contributed by atoms with van der Waals surface area (Å²) in [5, 5.41) is 8.00. The molecule has 2 amide bonds. The number of alkyl halides is 3. The van der Waals surface area contributed by atoms with Crippen LogP contribution in [0.25, 0.3) is 0 Å². The van der Waals surface area contributed by atoms with Crippen LogP contribution in [-0.4, -0.2) is 40.6 Å². The first-order chi connectivity index (χ1) is 15.6. The number of hydrogen-bond donors (Lipinski definition) is 1. The van der Waals surface area contributed by atoms with Crippen LogP contribution in [0, 0.1) is 0 Å². The number of hydrazone groups is 1. The van der Waals surface area contributed by atoms with Gasteiger partial charge in [0.05, 0.1) is 24.6 Å².